The van der Waals surface area contributed by atoms with E-state index < -0.39 is 0 Å². The number of morpholine rings is 1. The number of rotatable bonds is 2. The Hall–Kier alpha value is -1.26. The van der Waals surface area contributed by atoms with E-state index in [1.54, 1.807) is 0 Å². The van der Waals surface area contributed by atoms with Crippen LogP contribution in [0.2, 0.25) is 0 Å². The van der Waals surface area contributed by atoms with Gasteiger partial charge in [0.1, 0.15) is 11.9 Å². The summed E-state index contributed by atoms with van der Waals surface area (Å²) in [5.41, 5.74) is 1.12. The van der Waals surface area contributed by atoms with Crippen LogP contribution in [0, 0.1) is 0 Å². The molecule has 21 heavy (non-hydrogen) atoms. The summed E-state index contributed by atoms with van der Waals surface area (Å²) in [6, 6.07) is 8.82. The van der Waals surface area contributed by atoms with Gasteiger partial charge in [-0.25, -0.2) is 0 Å². The molecule has 1 aliphatic carbocycles. The van der Waals surface area contributed by atoms with E-state index in [9.17, 15) is 0 Å². The molecule has 4 nitrogen and oxygen atoms in total. The Kier molecular flexibility index (Phi) is 3.74. The Morgan fingerprint density at radius 2 is 2.10 bits per heavy atom. The molecular weight excluding hydrogens is 264 g/mol. The van der Waals surface area contributed by atoms with Gasteiger partial charge in [0, 0.05) is 19.1 Å². The number of fused-ring (bicyclic) bond motifs is 2. The molecule has 4 heteroatoms. The quantitative estimate of drug-likeness (QED) is 0.906. The van der Waals surface area contributed by atoms with Crippen LogP contribution in [0.15, 0.2) is 24.3 Å². The van der Waals surface area contributed by atoms with Crippen molar-refractivity contribution in [2.75, 3.05) is 31.6 Å². The number of nitrogens with zero attached hydrogens (tertiary/aromatic N) is 1. The minimum absolute atomic E-state index is 0.237. The highest BCUT2D eigenvalue weighted by molar-refractivity contribution is 5.57. The van der Waals surface area contributed by atoms with Crippen molar-refractivity contribution in [1.82, 2.24) is 4.90 Å². The Morgan fingerprint density at radius 3 is 3.10 bits per heavy atom. The lowest BCUT2D eigenvalue weighted by atomic mass is 9.90. The summed E-state index contributed by atoms with van der Waals surface area (Å²) in [6.07, 6.45) is 5.86. The van der Waals surface area contributed by atoms with Crippen molar-refractivity contribution >= 4 is 5.69 Å². The molecule has 1 aromatic rings. The zero-order chi connectivity index (χ0) is 14.1. The highest BCUT2D eigenvalue weighted by Gasteiger charge is 2.35. The second-order valence-electron chi connectivity index (χ2n) is 6.37. The first-order valence-electron chi connectivity index (χ1n) is 8.25. The molecule has 1 saturated carbocycles. The molecule has 2 fully saturated rings. The van der Waals surface area contributed by atoms with Crippen molar-refractivity contribution in [3.05, 3.63) is 24.3 Å². The van der Waals surface area contributed by atoms with Gasteiger partial charge in [-0.15, -0.1) is 0 Å². The highest BCUT2D eigenvalue weighted by atomic mass is 16.5. The molecule has 0 amide bonds. The Balaban J connectivity index is 1.42. The van der Waals surface area contributed by atoms with Crippen LogP contribution in [0.1, 0.15) is 25.7 Å². The molecule has 2 aliphatic heterocycles. The summed E-state index contributed by atoms with van der Waals surface area (Å²) in [5.74, 6) is 0.988. The number of benzene rings is 1. The third kappa shape index (κ3) is 2.74. The van der Waals surface area contributed by atoms with E-state index in [-0.39, 0.29) is 6.10 Å². The van der Waals surface area contributed by atoms with Crippen molar-refractivity contribution in [2.24, 2.45) is 0 Å². The number of hydrogen-bond donors (Lipinski definition) is 1. The average Bonchev–Trinajstić information content (AvgIpc) is 2.55. The molecular formula is C17H24N2O2. The Morgan fingerprint density at radius 1 is 1.19 bits per heavy atom. The van der Waals surface area contributed by atoms with Gasteiger partial charge in [-0.3, -0.25) is 4.90 Å². The van der Waals surface area contributed by atoms with Crippen LogP contribution in [-0.4, -0.2) is 49.4 Å². The molecule has 3 aliphatic rings. The lowest BCUT2D eigenvalue weighted by molar-refractivity contribution is -0.0951. The van der Waals surface area contributed by atoms with Gasteiger partial charge < -0.3 is 14.8 Å². The minimum atomic E-state index is 0.237. The van der Waals surface area contributed by atoms with Crippen molar-refractivity contribution in [3.8, 4) is 5.75 Å². The summed E-state index contributed by atoms with van der Waals surface area (Å²) >= 11 is 0. The van der Waals surface area contributed by atoms with E-state index in [0.717, 1.165) is 37.7 Å². The molecule has 1 N–H and O–H groups in total. The minimum Gasteiger partial charge on any atom is -0.485 e. The monoisotopic (exact) mass is 288 g/mol. The molecule has 0 spiro atoms. The van der Waals surface area contributed by atoms with Crippen LogP contribution in [0.4, 0.5) is 5.69 Å². The molecule has 0 radical (unpaired) electrons. The zero-order valence-corrected chi connectivity index (χ0v) is 12.5. The van der Waals surface area contributed by atoms with E-state index in [1.165, 1.54) is 25.7 Å². The molecule has 3 unspecified atom stereocenters. The number of ether oxygens (including phenoxy) is 2. The van der Waals surface area contributed by atoms with Crippen molar-refractivity contribution in [3.63, 3.8) is 0 Å². The molecule has 0 aromatic heterocycles. The first-order valence-corrected chi connectivity index (χ1v) is 8.25. The Labute approximate surface area is 126 Å². The summed E-state index contributed by atoms with van der Waals surface area (Å²) in [7, 11) is 0. The fraction of sp³-hybridized carbons (Fsp3) is 0.647. The number of nitrogens with one attached hydrogen (secondary N) is 1. The summed E-state index contributed by atoms with van der Waals surface area (Å²) in [4.78, 5) is 2.60. The largest absolute Gasteiger partial charge is 0.485 e. The van der Waals surface area contributed by atoms with E-state index in [1.807, 2.05) is 12.1 Å². The number of hydrogen-bond acceptors (Lipinski definition) is 4. The standard InChI is InChI=1S/C17H24N2O2/c1-3-7-16-14(5-1)18-11-13(21-16)12-19-9-10-20-17-8-4-2-6-15(17)19/h1,3,5,7,13,15,17-18H,2,4,6,8-12H2. The second kappa shape index (κ2) is 5.85. The van der Waals surface area contributed by atoms with Crippen LogP contribution < -0.4 is 10.1 Å². The third-order valence-corrected chi connectivity index (χ3v) is 4.99. The van der Waals surface area contributed by atoms with E-state index >= 15 is 0 Å². The topological polar surface area (TPSA) is 33.7 Å². The van der Waals surface area contributed by atoms with Crippen molar-refractivity contribution in [2.45, 2.75) is 43.9 Å². The molecule has 1 aromatic carbocycles. The van der Waals surface area contributed by atoms with E-state index in [2.05, 4.69) is 22.3 Å². The van der Waals surface area contributed by atoms with E-state index in [0.29, 0.717) is 12.1 Å². The number of anilines is 1. The smallest absolute Gasteiger partial charge is 0.142 e. The van der Waals surface area contributed by atoms with Gasteiger partial charge in [-0.2, -0.15) is 0 Å². The summed E-state index contributed by atoms with van der Waals surface area (Å²) in [6.45, 7) is 3.82. The predicted octanol–water partition coefficient (Wildman–Crippen LogP) is 2.50. The number of para-hydroxylation sites is 2. The normalized spacial score (nSPS) is 32.5. The van der Waals surface area contributed by atoms with Crippen molar-refractivity contribution < 1.29 is 9.47 Å². The lowest BCUT2D eigenvalue weighted by Gasteiger charge is -2.45. The van der Waals surface area contributed by atoms with Crippen LogP contribution in [0.3, 0.4) is 0 Å². The van der Waals surface area contributed by atoms with Crippen LogP contribution in [0.25, 0.3) is 0 Å². The maximum atomic E-state index is 6.17. The maximum absolute atomic E-state index is 6.17. The van der Waals surface area contributed by atoms with Gasteiger partial charge in [0.15, 0.2) is 0 Å². The second-order valence-corrected chi connectivity index (χ2v) is 6.37. The van der Waals surface area contributed by atoms with Crippen LogP contribution >= 0.6 is 0 Å². The highest BCUT2D eigenvalue weighted by Crippen LogP contribution is 2.31. The van der Waals surface area contributed by atoms with Gasteiger partial charge >= 0.3 is 0 Å². The summed E-state index contributed by atoms with van der Waals surface area (Å²) < 4.78 is 12.1. The first-order chi connectivity index (χ1) is 10.4. The molecule has 114 valence electrons. The molecule has 4 rings (SSSR count). The molecule has 2 heterocycles. The summed E-state index contributed by atoms with van der Waals surface area (Å²) in [5, 5.41) is 3.49. The van der Waals surface area contributed by atoms with Gasteiger partial charge in [-0.1, -0.05) is 25.0 Å². The van der Waals surface area contributed by atoms with E-state index in [4.69, 9.17) is 9.47 Å². The maximum Gasteiger partial charge on any atom is 0.142 e. The molecule has 1 saturated heterocycles. The SMILES string of the molecule is c1ccc2c(c1)NCC(CN1CCOC3CCCCC31)O2. The van der Waals surface area contributed by atoms with Crippen LogP contribution in [0.5, 0.6) is 5.75 Å². The fourth-order valence-corrected chi connectivity index (χ4v) is 3.93. The fourth-order valence-electron chi connectivity index (χ4n) is 3.93. The van der Waals surface area contributed by atoms with Gasteiger partial charge in [0.2, 0.25) is 0 Å². The zero-order valence-electron chi connectivity index (χ0n) is 12.5. The van der Waals surface area contributed by atoms with Gasteiger partial charge in [0.25, 0.3) is 0 Å². The third-order valence-electron chi connectivity index (χ3n) is 4.99. The van der Waals surface area contributed by atoms with Crippen LogP contribution in [-0.2, 0) is 4.74 Å². The molecule has 0 bridgehead atoms. The van der Waals surface area contributed by atoms with Gasteiger partial charge in [0.05, 0.1) is 24.9 Å². The Bertz CT molecular complexity index is 491. The lowest BCUT2D eigenvalue weighted by Crippen LogP contribution is -2.56. The average molecular weight is 288 g/mol. The van der Waals surface area contributed by atoms with Crippen molar-refractivity contribution in [1.29, 1.82) is 0 Å². The molecule has 3 atom stereocenters. The van der Waals surface area contributed by atoms with Gasteiger partial charge in [-0.05, 0) is 25.0 Å². The first kappa shape index (κ1) is 13.4. The predicted molar refractivity (Wildman–Crippen MR) is 82.9 cm³/mol.